The summed E-state index contributed by atoms with van der Waals surface area (Å²) in [5.74, 6) is -0.0897. The van der Waals surface area contributed by atoms with Crippen molar-refractivity contribution in [1.29, 1.82) is 0 Å². The molecule has 4 rings (SSSR count). The first kappa shape index (κ1) is 17.2. The molecular weight excluding hydrogens is 352 g/mol. The summed E-state index contributed by atoms with van der Waals surface area (Å²) in [5, 5.41) is 4.15. The molecule has 1 aromatic heterocycles. The number of hydrogen-bond acceptors (Lipinski definition) is 4. The van der Waals surface area contributed by atoms with E-state index in [2.05, 4.69) is 5.10 Å². The quantitative estimate of drug-likeness (QED) is 0.811. The summed E-state index contributed by atoms with van der Waals surface area (Å²) in [6.07, 6.45) is 3.12. The van der Waals surface area contributed by atoms with Crippen molar-refractivity contribution in [3.8, 4) is 5.69 Å². The number of rotatable bonds is 4. The van der Waals surface area contributed by atoms with Gasteiger partial charge in [0.1, 0.15) is 0 Å². The fourth-order valence-corrected chi connectivity index (χ4v) is 5.17. The van der Waals surface area contributed by atoms with Crippen LogP contribution in [0.15, 0.2) is 36.5 Å². The van der Waals surface area contributed by atoms with Crippen molar-refractivity contribution in [2.45, 2.75) is 25.0 Å². The first-order valence-corrected chi connectivity index (χ1v) is 10.4. The van der Waals surface area contributed by atoms with Gasteiger partial charge in [-0.2, -0.15) is 9.40 Å². The van der Waals surface area contributed by atoms with Crippen LogP contribution in [0.1, 0.15) is 28.9 Å². The molecule has 0 radical (unpaired) electrons. The van der Waals surface area contributed by atoms with Crippen molar-refractivity contribution >= 4 is 15.9 Å². The second-order valence-corrected chi connectivity index (χ2v) is 9.04. The minimum absolute atomic E-state index is 0.0897. The number of nitrogens with zero attached hydrogens (tertiary/aromatic N) is 4. The van der Waals surface area contributed by atoms with E-state index in [-0.39, 0.29) is 11.2 Å². The number of benzene rings is 1. The molecule has 26 heavy (non-hydrogen) atoms. The molecule has 1 aliphatic heterocycles. The normalized spacial score (nSPS) is 18.9. The monoisotopic (exact) mass is 374 g/mol. The van der Waals surface area contributed by atoms with E-state index >= 15 is 0 Å². The Hall–Kier alpha value is -2.19. The summed E-state index contributed by atoms with van der Waals surface area (Å²) in [7, 11) is -3.16. The third-order valence-corrected chi connectivity index (χ3v) is 7.47. The molecule has 0 N–H and O–H groups in total. The minimum atomic E-state index is -3.16. The summed E-state index contributed by atoms with van der Waals surface area (Å²) in [6, 6.07) is 9.67. The topological polar surface area (TPSA) is 75.5 Å². The van der Waals surface area contributed by atoms with E-state index in [1.807, 2.05) is 37.3 Å². The highest BCUT2D eigenvalue weighted by Gasteiger charge is 2.41. The molecule has 7 nitrogen and oxygen atoms in total. The van der Waals surface area contributed by atoms with Crippen molar-refractivity contribution in [1.82, 2.24) is 19.0 Å². The maximum Gasteiger partial charge on any atom is 0.257 e. The Morgan fingerprint density at radius 2 is 1.73 bits per heavy atom. The maximum absolute atomic E-state index is 12.9. The number of aromatic nitrogens is 2. The summed E-state index contributed by atoms with van der Waals surface area (Å²) >= 11 is 0. The molecule has 1 amide bonds. The molecule has 2 aliphatic rings. The van der Waals surface area contributed by atoms with Gasteiger partial charge in [0.05, 0.1) is 28.4 Å². The zero-order valence-corrected chi connectivity index (χ0v) is 15.5. The van der Waals surface area contributed by atoms with Gasteiger partial charge in [0, 0.05) is 26.2 Å². The third kappa shape index (κ3) is 3.03. The van der Waals surface area contributed by atoms with E-state index in [1.165, 1.54) is 4.31 Å². The van der Waals surface area contributed by atoms with Crippen LogP contribution in [0.25, 0.3) is 5.69 Å². The van der Waals surface area contributed by atoms with Crippen molar-refractivity contribution in [2.75, 3.05) is 26.2 Å². The third-order valence-electron chi connectivity index (χ3n) is 5.07. The average Bonchev–Trinajstić information content (AvgIpc) is 3.46. The molecule has 8 heteroatoms. The van der Waals surface area contributed by atoms with E-state index < -0.39 is 10.0 Å². The van der Waals surface area contributed by atoms with Gasteiger partial charge in [0.25, 0.3) is 5.91 Å². The number of para-hydroxylation sites is 1. The number of carbonyl (C=O) groups excluding carboxylic acids is 1. The predicted molar refractivity (Wildman–Crippen MR) is 97.7 cm³/mol. The Kier molecular flexibility index (Phi) is 4.32. The molecule has 2 aromatic rings. The van der Waals surface area contributed by atoms with Crippen LogP contribution in [0.3, 0.4) is 0 Å². The van der Waals surface area contributed by atoms with E-state index in [4.69, 9.17) is 0 Å². The van der Waals surface area contributed by atoms with Gasteiger partial charge in [-0.25, -0.2) is 13.1 Å². The molecule has 1 saturated heterocycles. The predicted octanol–water partition coefficient (Wildman–Crippen LogP) is 1.43. The minimum Gasteiger partial charge on any atom is -0.336 e. The Morgan fingerprint density at radius 1 is 1.08 bits per heavy atom. The molecular formula is C18H22N4O3S. The van der Waals surface area contributed by atoms with Gasteiger partial charge < -0.3 is 4.90 Å². The lowest BCUT2D eigenvalue weighted by Gasteiger charge is -2.34. The fraction of sp³-hybridized carbons (Fsp3) is 0.444. The Morgan fingerprint density at radius 3 is 2.35 bits per heavy atom. The standard InChI is InChI=1S/C18H22N4O3S/c1-14-17(13-19-22(14)15-5-3-2-4-6-15)18(23)20-9-11-21(12-10-20)26(24,25)16-7-8-16/h2-6,13,16H,7-12H2,1H3. The molecule has 2 fully saturated rings. The Balaban J connectivity index is 1.47. The van der Waals surface area contributed by atoms with E-state index in [0.29, 0.717) is 31.7 Å². The first-order chi connectivity index (χ1) is 12.5. The lowest BCUT2D eigenvalue weighted by Crippen LogP contribution is -2.51. The van der Waals surface area contributed by atoms with Gasteiger partial charge in [0.2, 0.25) is 10.0 Å². The van der Waals surface area contributed by atoms with E-state index in [0.717, 1.165) is 24.2 Å². The lowest BCUT2D eigenvalue weighted by molar-refractivity contribution is 0.0697. The van der Waals surface area contributed by atoms with E-state index in [9.17, 15) is 13.2 Å². The van der Waals surface area contributed by atoms with Crippen LogP contribution in [0.4, 0.5) is 0 Å². The summed E-state index contributed by atoms with van der Waals surface area (Å²) in [4.78, 5) is 14.6. The summed E-state index contributed by atoms with van der Waals surface area (Å²) in [6.45, 7) is 3.45. The van der Waals surface area contributed by atoms with Gasteiger partial charge >= 0.3 is 0 Å². The van der Waals surface area contributed by atoms with Crippen molar-refractivity contribution in [3.05, 3.63) is 47.8 Å². The van der Waals surface area contributed by atoms with Crippen LogP contribution in [-0.4, -0.2) is 64.7 Å². The molecule has 2 heterocycles. The molecule has 0 atom stereocenters. The van der Waals surface area contributed by atoms with Crippen molar-refractivity contribution < 1.29 is 13.2 Å². The lowest BCUT2D eigenvalue weighted by atomic mass is 10.2. The van der Waals surface area contributed by atoms with Gasteiger partial charge in [-0.05, 0) is 31.9 Å². The Bertz CT molecular complexity index is 911. The molecule has 0 bridgehead atoms. The molecule has 0 unspecified atom stereocenters. The summed E-state index contributed by atoms with van der Waals surface area (Å²) in [5.41, 5.74) is 2.26. The number of hydrogen-bond donors (Lipinski definition) is 0. The highest BCUT2D eigenvalue weighted by Crippen LogP contribution is 2.31. The molecule has 1 saturated carbocycles. The molecule has 0 spiro atoms. The smallest absolute Gasteiger partial charge is 0.257 e. The average molecular weight is 374 g/mol. The van der Waals surface area contributed by atoms with Crippen LogP contribution >= 0.6 is 0 Å². The van der Waals surface area contributed by atoms with Gasteiger partial charge in [-0.3, -0.25) is 4.79 Å². The van der Waals surface area contributed by atoms with Crippen LogP contribution < -0.4 is 0 Å². The zero-order valence-electron chi connectivity index (χ0n) is 14.7. The van der Waals surface area contributed by atoms with Crippen molar-refractivity contribution in [3.63, 3.8) is 0 Å². The summed E-state index contributed by atoms with van der Waals surface area (Å²) < 4.78 is 27.9. The molecule has 138 valence electrons. The van der Waals surface area contributed by atoms with Gasteiger partial charge in [0.15, 0.2) is 0 Å². The fourth-order valence-electron chi connectivity index (χ4n) is 3.34. The Labute approximate surface area is 153 Å². The van der Waals surface area contributed by atoms with E-state index in [1.54, 1.807) is 15.8 Å². The highest BCUT2D eigenvalue weighted by molar-refractivity contribution is 7.90. The maximum atomic E-state index is 12.9. The van der Waals surface area contributed by atoms with Gasteiger partial charge in [-0.1, -0.05) is 18.2 Å². The SMILES string of the molecule is Cc1c(C(=O)N2CCN(S(=O)(=O)C3CC3)CC2)cnn1-c1ccccc1. The highest BCUT2D eigenvalue weighted by atomic mass is 32.2. The zero-order chi connectivity index (χ0) is 18.3. The van der Waals surface area contributed by atoms with Gasteiger partial charge in [-0.15, -0.1) is 0 Å². The number of piperazine rings is 1. The largest absolute Gasteiger partial charge is 0.336 e. The van der Waals surface area contributed by atoms with Crippen LogP contribution in [0.5, 0.6) is 0 Å². The van der Waals surface area contributed by atoms with Crippen LogP contribution in [0, 0.1) is 6.92 Å². The molecule has 1 aliphatic carbocycles. The number of sulfonamides is 1. The molecule has 1 aromatic carbocycles. The number of carbonyl (C=O) groups is 1. The first-order valence-electron chi connectivity index (χ1n) is 8.87. The van der Waals surface area contributed by atoms with Crippen molar-refractivity contribution in [2.24, 2.45) is 0 Å². The number of amides is 1. The van der Waals surface area contributed by atoms with Crippen LogP contribution in [-0.2, 0) is 10.0 Å². The second-order valence-electron chi connectivity index (χ2n) is 6.83. The second kappa shape index (κ2) is 6.51. The van der Waals surface area contributed by atoms with Crippen LogP contribution in [0.2, 0.25) is 0 Å².